The molecule has 2 heterocycles. The molecule has 2 aromatic heterocycles. The Labute approximate surface area is 158 Å². The summed E-state index contributed by atoms with van der Waals surface area (Å²) in [5.41, 5.74) is 1.61. The summed E-state index contributed by atoms with van der Waals surface area (Å²) in [4.78, 5) is 20.9. The molecule has 0 saturated heterocycles. The van der Waals surface area contributed by atoms with E-state index in [1.54, 1.807) is 11.3 Å². The highest BCUT2D eigenvalue weighted by Crippen LogP contribution is 2.31. The van der Waals surface area contributed by atoms with E-state index < -0.39 is 0 Å². The number of carbonyl (C=O) groups is 1. The van der Waals surface area contributed by atoms with Crippen molar-refractivity contribution in [1.82, 2.24) is 9.97 Å². The van der Waals surface area contributed by atoms with Gasteiger partial charge in [0.25, 0.3) is 0 Å². The summed E-state index contributed by atoms with van der Waals surface area (Å²) in [7, 11) is 0. The van der Waals surface area contributed by atoms with Gasteiger partial charge in [-0.05, 0) is 31.2 Å². The molecule has 1 N–H and O–H groups in total. The summed E-state index contributed by atoms with van der Waals surface area (Å²) >= 11 is 2.97. The molecule has 0 radical (unpaired) electrons. The fraction of sp³-hybridized carbons (Fsp3) is 0.105. The topological polar surface area (TPSA) is 64.1 Å². The lowest BCUT2D eigenvalue weighted by Crippen LogP contribution is -2.14. The number of hydrogen-bond acceptors (Lipinski definition) is 6. The SMILES string of the molecule is Cc1nc(CC(=O)Nc2nc3ccc(Oc4ccccc4)cc3s2)cs1. The van der Waals surface area contributed by atoms with Gasteiger partial charge in [-0.15, -0.1) is 11.3 Å². The van der Waals surface area contributed by atoms with Crippen molar-refractivity contribution in [3.05, 3.63) is 64.6 Å². The van der Waals surface area contributed by atoms with Crippen molar-refractivity contribution in [2.75, 3.05) is 5.32 Å². The summed E-state index contributed by atoms with van der Waals surface area (Å²) < 4.78 is 6.80. The van der Waals surface area contributed by atoms with Crippen molar-refractivity contribution < 1.29 is 9.53 Å². The summed E-state index contributed by atoms with van der Waals surface area (Å²) in [6, 6.07) is 15.3. The highest BCUT2D eigenvalue weighted by atomic mass is 32.1. The Morgan fingerprint density at radius 1 is 1.12 bits per heavy atom. The fourth-order valence-electron chi connectivity index (χ4n) is 2.46. The number of carbonyl (C=O) groups excluding carboxylic acids is 1. The van der Waals surface area contributed by atoms with E-state index in [1.165, 1.54) is 11.3 Å². The molecule has 0 atom stereocenters. The molecule has 0 bridgehead atoms. The second-order valence-corrected chi connectivity index (χ2v) is 7.74. The molecule has 0 aliphatic heterocycles. The van der Waals surface area contributed by atoms with Crippen LogP contribution in [0.15, 0.2) is 53.9 Å². The van der Waals surface area contributed by atoms with Crippen LogP contribution in [-0.4, -0.2) is 15.9 Å². The first-order chi connectivity index (χ1) is 12.7. The number of fused-ring (bicyclic) bond motifs is 1. The van der Waals surface area contributed by atoms with Crippen LogP contribution in [0.4, 0.5) is 5.13 Å². The lowest BCUT2D eigenvalue weighted by molar-refractivity contribution is -0.115. The van der Waals surface area contributed by atoms with E-state index in [1.807, 2.05) is 60.8 Å². The number of para-hydroxylation sites is 1. The zero-order valence-electron chi connectivity index (χ0n) is 13.9. The van der Waals surface area contributed by atoms with Crippen LogP contribution in [0.1, 0.15) is 10.7 Å². The van der Waals surface area contributed by atoms with Crippen molar-refractivity contribution >= 4 is 43.9 Å². The third-order valence-corrected chi connectivity index (χ3v) is 5.35. The average Bonchev–Trinajstić information content (AvgIpc) is 3.20. The quantitative estimate of drug-likeness (QED) is 0.526. The predicted octanol–water partition coefficient (Wildman–Crippen LogP) is 5.03. The number of aryl methyl sites for hydroxylation is 1. The fourth-order valence-corrected chi connectivity index (χ4v) is 3.99. The first-order valence-electron chi connectivity index (χ1n) is 8.00. The largest absolute Gasteiger partial charge is 0.457 e. The number of nitrogens with one attached hydrogen (secondary N) is 1. The van der Waals surface area contributed by atoms with Crippen molar-refractivity contribution in [2.24, 2.45) is 0 Å². The molecule has 2 aromatic carbocycles. The number of nitrogens with zero attached hydrogens (tertiary/aromatic N) is 2. The van der Waals surface area contributed by atoms with E-state index in [2.05, 4.69) is 15.3 Å². The van der Waals surface area contributed by atoms with Crippen molar-refractivity contribution in [3.8, 4) is 11.5 Å². The molecule has 0 saturated carbocycles. The van der Waals surface area contributed by atoms with E-state index in [9.17, 15) is 4.79 Å². The van der Waals surface area contributed by atoms with Gasteiger partial charge in [0.2, 0.25) is 5.91 Å². The smallest absolute Gasteiger partial charge is 0.232 e. The second kappa shape index (κ2) is 7.23. The van der Waals surface area contributed by atoms with Gasteiger partial charge in [-0.25, -0.2) is 9.97 Å². The minimum atomic E-state index is -0.116. The molecule has 0 spiro atoms. The monoisotopic (exact) mass is 381 g/mol. The highest BCUT2D eigenvalue weighted by molar-refractivity contribution is 7.22. The van der Waals surface area contributed by atoms with E-state index in [4.69, 9.17) is 4.74 Å². The maximum absolute atomic E-state index is 12.2. The Morgan fingerprint density at radius 3 is 2.73 bits per heavy atom. The lowest BCUT2D eigenvalue weighted by Gasteiger charge is -2.04. The van der Waals surface area contributed by atoms with Gasteiger partial charge in [0.15, 0.2) is 5.13 Å². The second-order valence-electron chi connectivity index (χ2n) is 5.65. The van der Waals surface area contributed by atoms with Gasteiger partial charge in [0, 0.05) is 11.4 Å². The Balaban J connectivity index is 1.47. The van der Waals surface area contributed by atoms with E-state index in [0.717, 1.165) is 32.4 Å². The molecule has 0 fully saturated rings. The Hall–Kier alpha value is -2.77. The van der Waals surface area contributed by atoms with E-state index in [0.29, 0.717) is 5.13 Å². The molecule has 0 aliphatic carbocycles. The standard InChI is InChI=1S/C19H15N3O2S2/c1-12-20-13(11-25-12)9-18(23)22-19-21-16-8-7-15(10-17(16)26-19)24-14-5-3-2-4-6-14/h2-8,10-11H,9H2,1H3,(H,21,22,23). The number of ether oxygens (including phenoxy) is 1. The summed E-state index contributed by atoms with van der Waals surface area (Å²) in [5, 5.41) is 6.29. The molecular weight excluding hydrogens is 366 g/mol. The van der Waals surface area contributed by atoms with Crippen molar-refractivity contribution in [2.45, 2.75) is 13.3 Å². The number of hydrogen-bond donors (Lipinski definition) is 1. The predicted molar refractivity (Wildman–Crippen MR) is 105 cm³/mol. The molecule has 5 nitrogen and oxygen atoms in total. The van der Waals surface area contributed by atoms with Crippen LogP contribution < -0.4 is 10.1 Å². The molecule has 4 rings (SSSR count). The Kier molecular flexibility index (Phi) is 4.64. The minimum absolute atomic E-state index is 0.116. The lowest BCUT2D eigenvalue weighted by atomic mass is 10.3. The number of anilines is 1. The molecule has 7 heteroatoms. The molecule has 0 aliphatic rings. The first-order valence-corrected chi connectivity index (χ1v) is 9.70. The molecule has 4 aromatic rings. The van der Waals surface area contributed by atoms with Crippen LogP contribution in [0.25, 0.3) is 10.2 Å². The first kappa shape index (κ1) is 16.7. The zero-order valence-corrected chi connectivity index (χ0v) is 15.6. The molecule has 130 valence electrons. The van der Waals surface area contributed by atoms with Crippen molar-refractivity contribution in [1.29, 1.82) is 0 Å². The number of thiazole rings is 2. The maximum Gasteiger partial charge on any atom is 0.232 e. The van der Waals surface area contributed by atoms with Crippen LogP contribution >= 0.6 is 22.7 Å². The molecular formula is C19H15N3O2S2. The third kappa shape index (κ3) is 3.89. The molecule has 1 amide bonds. The Morgan fingerprint density at radius 2 is 1.96 bits per heavy atom. The van der Waals surface area contributed by atoms with Gasteiger partial charge in [-0.3, -0.25) is 4.79 Å². The minimum Gasteiger partial charge on any atom is -0.457 e. The van der Waals surface area contributed by atoms with E-state index in [-0.39, 0.29) is 12.3 Å². The van der Waals surface area contributed by atoms with E-state index >= 15 is 0 Å². The zero-order chi connectivity index (χ0) is 17.9. The summed E-state index contributed by atoms with van der Waals surface area (Å²) in [5.74, 6) is 1.40. The van der Waals surface area contributed by atoms with Gasteiger partial charge >= 0.3 is 0 Å². The van der Waals surface area contributed by atoms with Crippen molar-refractivity contribution in [3.63, 3.8) is 0 Å². The Bertz CT molecular complexity index is 1060. The average molecular weight is 381 g/mol. The van der Waals surface area contributed by atoms with Gasteiger partial charge < -0.3 is 10.1 Å². The highest BCUT2D eigenvalue weighted by Gasteiger charge is 2.11. The van der Waals surface area contributed by atoms with Gasteiger partial charge in [-0.1, -0.05) is 29.5 Å². The van der Waals surface area contributed by atoms with Gasteiger partial charge in [0.05, 0.1) is 27.3 Å². The van der Waals surface area contributed by atoms with Crippen LogP contribution in [0.3, 0.4) is 0 Å². The van der Waals surface area contributed by atoms with Crippen LogP contribution in [0.2, 0.25) is 0 Å². The number of benzene rings is 2. The number of rotatable bonds is 5. The summed E-state index contributed by atoms with van der Waals surface area (Å²) in [6.45, 7) is 1.93. The number of amides is 1. The molecule has 26 heavy (non-hydrogen) atoms. The maximum atomic E-state index is 12.2. The van der Waals surface area contributed by atoms with Gasteiger partial charge in [-0.2, -0.15) is 0 Å². The normalized spacial score (nSPS) is 10.8. The number of aromatic nitrogens is 2. The summed E-state index contributed by atoms with van der Waals surface area (Å²) in [6.07, 6.45) is 0.253. The van der Waals surface area contributed by atoms with Crippen LogP contribution in [0.5, 0.6) is 11.5 Å². The molecule has 0 unspecified atom stereocenters. The third-order valence-electron chi connectivity index (χ3n) is 3.59. The van der Waals surface area contributed by atoms with Crippen LogP contribution in [-0.2, 0) is 11.2 Å². The van der Waals surface area contributed by atoms with Gasteiger partial charge in [0.1, 0.15) is 11.5 Å². The van der Waals surface area contributed by atoms with Crippen LogP contribution in [0, 0.1) is 6.92 Å².